The summed E-state index contributed by atoms with van der Waals surface area (Å²) in [5.41, 5.74) is 8.21. The number of hydrogen-bond donors (Lipinski definition) is 0. The summed E-state index contributed by atoms with van der Waals surface area (Å²) < 4.78 is 172. The molecule has 0 aliphatic carbocycles. The molecule has 786 valence electrons. The summed E-state index contributed by atoms with van der Waals surface area (Å²) in [7, 11) is 0. The molecule has 0 aromatic heterocycles. The molecule has 0 bridgehead atoms. The van der Waals surface area contributed by atoms with Crippen molar-refractivity contribution in [2.75, 3.05) is 211 Å². The van der Waals surface area contributed by atoms with Crippen LogP contribution in [0.4, 0.5) is 0 Å². The molecule has 16 aliphatic heterocycles. The van der Waals surface area contributed by atoms with Gasteiger partial charge in [-0.25, -0.2) is 9.59 Å². The summed E-state index contributed by atoms with van der Waals surface area (Å²) in [6.45, 7) is 45.2. The lowest BCUT2D eigenvalue weighted by molar-refractivity contribution is 0.0430. The molecule has 16 fully saturated rings. The molecule has 16 atom stereocenters. The van der Waals surface area contributed by atoms with E-state index in [0.717, 1.165) is 201 Å². The molecule has 8 aromatic rings. The van der Waals surface area contributed by atoms with Crippen molar-refractivity contribution < 1.29 is 161 Å². The fourth-order valence-electron chi connectivity index (χ4n) is 13.7. The van der Waals surface area contributed by atoms with Crippen LogP contribution in [0.15, 0.2) is 152 Å². The third kappa shape index (κ3) is 39.1. The highest BCUT2D eigenvalue weighted by molar-refractivity contribution is 6.03. The Bertz CT molecular complexity index is 5170. The molecule has 0 radical (unpaired) electrons. The van der Waals surface area contributed by atoms with Gasteiger partial charge in [-0.2, -0.15) is 0 Å². The molecule has 8 aromatic carbocycles. The highest BCUT2D eigenvalue weighted by Crippen LogP contribution is 2.44. The van der Waals surface area contributed by atoms with Crippen molar-refractivity contribution in [3.8, 4) is 80.5 Å². The van der Waals surface area contributed by atoms with Crippen LogP contribution in [-0.2, 0) is 96.1 Å². The first-order valence-corrected chi connectivity index (χ1v) is 50.3. The zero-order valence-corrected chi connectivity index (χ0v) is 84.7. The summed E-state index contributed by atoms with van der Waals surface area (Å²) in [6.07, 6.45) is 3.85. The summed E-state index contributed by atoms with van der Waals surface area (Å²) in [5.74, 6) is 11.1. The molecule has 16 unspecified atom stereocenters. The molecule has 16 saturated heterocycles. The van der Waals surface area contributed by atoms with Gasteiger partial charge in [-0.15, -0.1) is 0 Å². The minimum absolute atomic E-state index is 0.00919. The van der Waals surface area contributed by atoms with Crippen LogP contribution in [0, 0.1) is 34.6 Å². The van der Waals surface area contributed by atoms with Crippen molar-refractivity contribution in [1.82, 2.24) is 0 Å². The van der Waals surface area contributed by atoms with Crippen LogP contribution in [0.5, 0.6) is 80.5 Å². The second kappa shape index (κ2) is 51.3. The molecular weight excluding hydrogens is 1880 g/mol. The van der Waals surface area contributed by atoms with E-state index in [1.54, 1.807) is 24.3 Å². The minimum Gasteiger partial charge on any atom is -0.491 e. The lowest BCUT2D eigenvalue weighted by Crippen LogP contribution is -2.20. The quantitative estimate of drug-likeness (QED) is 0.0252. The van der Waals surface area contributed by atoms with E-state index < -0.39 is 11.9 Å². The number of benzene rings is 8. The third-order valence-electron chi connectivity index (χ3n) is 24.1. The van der Waals surface area contributed by atoms with Crippen molar-refractivity contribution in [1.29, 1.82) is 0 Å². The Labute approximate surface area is 847 Å². The van der Waals surface area contributed by atoms with Crippen LogP contribution >= 0.6 is 0 Å². The van der Waals surface area contributed by atoms with Gasteiger partial charge in [-0.1, -0.05) is 77.9 Å². The number of ether oxygens (including phenoxy) is 32. The molecule has 145 heavy (non-hydrogen) atoms. The molecule has 0 amide bonds. The van der Waals surface area contributed by atoms with Gasteiger partial charge in [-0.3, -0.25) is 0 Å². The first-order valence-electron chi connectivity index (χ1n) is 50.3. The Hall–Kier alpha value is -10.7. The molecule has 34 nitrogen and oxygen atoms in total. The van der Waals surface area contributed by atoms with E-state index in [2.05, 4.69) is 74.4 Å². The summed E-state index contributed by atoms with van der Waals surface area (Å²) in [5, 5.41) is 0. The van der Waals surface area contributed by atoms with Crippen molar-refractivity contribution in [3.05, 3.63) is 202 Å². The lowest BCUT2D eigenvalue weighted by Gasteiger charge is -2.29. The number of aryl methyl sites for hydroxylation is 2. The van der Waals surface area contributed by atoms with E-state index in [0.29, 0.717) is 124 Å². The zero-order valence-electron chi connectivity index (χ0n) is 84.7. The maximum absolute atomic E-state index is 11.9. The maximum atomic E-state index is 11.9. The third-order valence-corrected chi connectivity index (χ3v) is 24.1. The van der Waals surface area contributed by atoms with E-state index in [9.17, 15) is 9.59 Å². The Kier molecular flexibility index (Phi) is 37.3. The van der Waals surface area contributed by atoms with Crippen molar-refractivity contribution >= 4 is 11.9 Å². The van der Waals surface area contributed by atoms with Gasteiger partial charge in [0.15, 0.2) is 11.5 Å². The van der Waals surface area contributed by atoms with Crippen LogP contribution in [0.25, 0.3) is 0 Å². The molecule has 16 aliphatic rings. The molecule has 24 rings (SSSR count). The van der Waals surface area contributed by atoms with E-state index >= 15 is 0 Å². The van der Waals surface area contributed by atoms with Crippen LogP contribution in [0.1, 0.15) is 101 Å². The average Bonchev–Trinajstić information content (AvgIpc) is 1.19. The molecular formula is C111H138O34. The number of esters is 2. The highest BCUT2D eigenvalue weighted by Gasteiger charge is 2.37. The predicted molar refractivity (Wildman–Crippen MR) is 526 cm³/mol. The predicted octanol–water partition coefficient (Wildman–Crippen LogP) is 13.6. The highest BCUT2D eigenvalue weighted by atomic mass is 16.7. The van der Waals surface area contributed by atoms with Gasteiger partial charge >= 0.3 is 11.9 Å². The normalized spacial score (nSPS) is 24.8. The first kappa shape index (κ1) is 106. The Morgan fingerprint density at radius 1 is 0.221 bits per heavy atom. The van der Waals surface area contributed by atoms with Crippen molar-refractivity contribution in [3.63, 3.8) is 0 Å². The number of carbonyl (C=O) groups excluding carboxylic acids is 2. The largest absolute Gasteiger partial charge is 0.491 e. The van der Waals surface area contributed by atoms with E-state index in [1.807, 2.05) is 129 Å². The number of carbonyl (C=O) groups is 2. The Balaban J connectivity index is 0.000000114. The average molecular weight is 2020 g/mol. The molecule has 0 N–H and O–H groups in total. The fourth-order valence-corrected chi connectivity index (χ4v) is 13.7. The second-order valence-corrected chi connectivity index (χ2v) is 39.7. The van der Waals surface area contributed by atoms with Crippen molar-refractivity contribution in [2.45, 2.75) is 185 Å². The number of rotatable bonds is 48. The summed E-state index contributed by atoms with van der Waals surface area (Å²) >= 11 is 0. The van der Waals surface area contributed by atoms with E-state index in [-0.39, 0.29) is 115 Å². The molecule has 34 heteroatoms. The van der Waals surface area contributed by atoms with E-state index in [4.69, 9.17) is 152 Å². The van der Waals surface area contributed by atoms with Gasteiger partial charge in [0.1, 0.15) is 272 Å². The van der Waals surface area contributed by atoms with Crippen molar-refractivity contribution in [2.24, 2.45) is 0 Å². The fraction of sp³-hybridized carbons (Fsp3) is 0.550. The summed E-state index contributed by atoms with van der Waals surface area (Å²) in [6, 6.07) is 47.5. The van der Waals surface area contributed by atoms with Gasteiger partial charge in [-0.05, 0) is 177 Å². The summed E-state index contributed by atoms with van der Waals surface area (Å²) in [4.78, 5) is 23.9. The Morgan fingerprint density at radius 2 is 0.469 bits per heavy atom. The standard InChI is InChI=1S/C20H30O4.C15H20O4.C14H14O6.2C13H16O4.3C12H14O4/c1-19(2,3)15-7-18(24-12-14-10-22-14)16(20(4,5)6)8-17(15)23-11-13-9-21-13;1-9-4-14(18-7-12-5-16-12)10(2)11(3)15(9)19-8-13-6-17-13;15-13(19-7-9-5-17-9)11-3-1-2-4-12(11)14(16)20-8-10-6-18-10;1-9-4-10(14-5-11-6-15-11)2-3-13(9)17-8-12-7-16-12;1-9-12(16-7-10-5-14-10)3-2-4-13(9)17-8-11-6-15-11;1-2-10(14-6-12-8-16-12)4-3-9(1)13-5-11-7-15-11;1-2-9(13-5-11-7-15-11)4-10(3-1)14-6-12-8-16-12;1-2-4-12(16-8-10-6-14-10)11(3-1)15-7-9-5-13-9/h7-8,13-14H,9-12H2,1-6H3;4,12-13H,5-8H2,1-3H3;1-4,9-10H,5-8H2;2-4,11-12H,5-8H2,1H3;2-4,10-11H,5-8H2,1H3;2*1-4,11-12H,5-8H2;1-4,9-10H,5-8H2. The first-order chi connectivity index (χ1) is 70.4. The minimum atomic E-state index is -0.546. The van der Waals surface area contributed by atoms with Gasteiger partial charge < -0.3 is 152 Å². The SMILES string of the molecule is CC(C)(C)c1cc(OCC2CO2)c(C(C)(C)C)cc1OCC1CO1.Cc1c(OCC2CO2)cccc1OCC1CO1.Cc1cc(OCC2CO2)c(C)c(C)c1OCC1CO1.Cc1cc(OCC2CO2)ccc1OCC1CO1.O=C(OCC1CO1)c1ccccc1C(=O)OCC1CO1.c1cc(OCC2CO2)cc(OCC2CO2)c1.c1cc(OCC2CO2)ccc1OCC1CO1.c1ccc(OCC2CO2)c(OCC2CO2)c1. The number of epoxide rings is 16. The van der Waals surface area contributed by atoms with Gasteiger partial charge in [0.2, 0.25) is 0 Å². The Morgan fingerprint density at radius 3 is 0.786 bits per heavy atom. The zero-order chi connectivity index (χ0) is 101. The topological polar surface area (TPSA) is 382 Å². The molecule has 16 heterocycles. The van der Waals surface area contributed by atoms with Crippen LogP contribution in [0.3, 0.4) is 0 Å². The number of hydrogen-bond acceptors (Lipinski definition) is 34. The molecule has 0 spiro atoms. The van der Waals surface area contributed by atoms with Crippen LogP contribution in [-0.4, -0.2) is 321 Å². The maximum Gasteiger partial charge on any atom is 0.339 e. The van der Waals surface area contributed by atoms with Crippen LogP contribution in [0.2, 0.25) is 0 Å². The van der Waals surface area contributed by atoms with Gasteiger partial charge in [0.25, 0.3) is 0 Å². The number of para-hydroxylation sites is 2. The smallest absolute Gasteiger partial charge is 0.339 e. The molecule has 0 saturated carbocycles. The van der Waals surface area contributed by atoms with Crippen LogP contribution < -0.4 is 66.3 Å². The van der Waals surface area contributed by atoms with Gasteiger partial charge in [0.05, 0.1) is 117 Å². The van der Waals surface area contributed by atoms with Gasteiger partial charge in [0, 0.05) is 22.8 Å². The second-order valence-electron chi connectivity index (χ2n) is 39.7. The lowest BCUT2D eigenvalue weighted by atomic mass is 9.81. The monoisotopic (exact) mass is 2010 g/mol. The van der Waals surface area contributed by atoms with E-state index in [1.165, 1.54) is 11.1 Å².